The van der Waals surface area contributed by atoms with Crippen molar-refractivity contribution in [1.29, 1.82) is 0 Å². The third-order valence-corrected chi connectivity index (χ3v) is 3.99. The van der Waals surface area contributed by atoms with Crippen LogP contribution in [0.15, 0.2) is 42.7 Å². The molecule has 3 rings (SSSR count). The summed E-state index contributed by atoms with van der Waals surface area (Å²) in [6.45, 7) is 2.26. The number of amides is 1. The monoisotopic (exact) mass is 372 g/mol. The second kappa shape index (κ2) is 7.77. The van der Waals surface area contributed by atoms with Gasteiger partial charge in [0.1, 0.15) is 17.7 Å². The van der Waals surface area contributed by atoms with E-state index in [1.807, 2.05) is 0 Å². The molecule has 0 bridgehead atoms. The lowest BCUT2D eigenvalue weighted by atomic mass is 10.2. The van der Waals surface area contributed by atoms with Gasteiger partial charge in [0.15, 0.2) is 5.82 Å². The number of rotatable bonds is 7. The predicted molar refractivity (Wildman–Crippen MR) is 94.6 cm³/mol. The Labute approximate surface area is 153 Å². The van der Waals surface area contributed by atoms with Crippen molar-refractivity contribution in [3.8, 4) is 0 Å². The molecule has 0 saturated heterocycles. The van der Waals surface area contributed by atoms with E-state index in [0.29, 0.717) is 18.1 Å². The number of nitrogens with one attached hydrogen (secondary N) is 1. The standard InChI is InChI=1S/C17H17FN6O3/c1-12-15(24(26)27)10-19-23(12)9-7-17(25)20-16-6-8-22(21-16)11-13-2-4-14(18)5-3-13/h2-6,8,10H,7,9,11H2,1H3,(H,20,21,25). The summed E-state index contributed by atoms with van der Waals surface area (Å²) in [5.74, 6) is -0.185. The third kappa shape index (κ3) is 4.54. The second-order valence-corrected chi connectivity index (χ2v) is 5.92. The van der Waals surface area contributed by atoms with Crippen molar-refractivity contribution in [2.24, 2.45) is 0 Å². The van der Waals surface area contributed by atoms with Gasteiger partial charge in [-0.25, -0.2) is 4.39 Å². The first-order valence-corrected chi connectivity index (χ1v) is 8.17. The summed E-state index contributed by atoms with van der Waals surface area (Å²) in [6.07, 6.45) is 2.98. The Balaban J connectivity index is 1.53. The summed E-state index contributed by atoms with van der Waals surface area (Å²) in [6, 6.07) is 7.75. The van der Waals surface area contributed by atoms with E-state index >= 15 is 0 Å². The molecule has 0 aliphatic rings. The molecule has 0 aliphatic heterocycles. The van der Waals surface area contributed by atoms with E-state index in [9.17, 15) is 19.3 Å². The molecule has 2 aromatic heterocycles. The average molecular weight is 372 g/mol. The van der Waals surface area contributed by atoms with Crippen molar-refractivity contribution < 1.29 is 14.1 Å². The van der Waals surface area contributed by atoms with E-state index in [-0.39, 0.29) is 30.4 Å². The van der Waals surface area contributed by atoms with Crippen LogP contribution in [0, 0.1) is 22.9 Å². The molecule has 0 radical (unpaired) electrons. The third-order valence-electron chi connectivity index (χ3n) is 3.99. The molecule has 10 heteroatoms. The zero-order valence-corrected chi connectivity index (χ0v) is 14.5. The van der Waals surface area contributed by atoms with Crippen LogP contribution in [0.25, 0.3) is 0 Å². The number of aryl methyl sites for hydroxylation is 1. The van der Waals surface area contributed by atoms with Gasteiger partial charge in [0.05, 0.1) is 18.0 Å². The quantitative estimate of drug-likeness (QED) is 0.506. The fourth-order valence-electron chi connectivity index (χ4n) is 2.55. The topological polar surface area (TPSA) is 108 Å². The molecule has 140 valence electrons. The van der Waals surface area contributed by atoms with E-state index in [0.717, 1.165) is 5.56 Å². The van der Waals surface area contributed by atoms with Gasteiger partial charge in [0, 0.05) is 18.7 Å². The molecule has 2 heterocycles. The summed E-state index contributed by atoms with van der Waals surface area (Å²) in [5.41, 5.74) is 1.21. The maximum atomic E-state index is 12.9. The van der Waals surface area contributed by atoms with Gasteiger partial charge in [0.2, 0.25) is 5.91 Å². The molecule has 0 spiro atoms. The van der Waals surface area contributed by atoms with Crippen LogP contribution in [0.4, 0.5) is 15.9 Å². The Morgan fingerprint density at radius 3 is 2.70 bits per heavy atom. The summed E-state index contributed by atoms with van der Waals surface area (Å²) < 4.78 is 16.0. The molecule has 27 heavy (non-hydrogen) atoms. The SMILES string of the molecule is Cc1c([N+](=O)[O-])cnn1CCC(=O)Nc1ccn(Cc2ccc(F)cc2)n1. The average Bonchev–Trinajstić information content (AvgIpc) is 3.21. The van der Waals surface area contributed by atoms with Crippen LogP contribution in [0.3, 0.4) is 0 Å². The minimum Gasteiger partial charge on any atom is -0.309 e. The molecular weight excluding hydrogens is 355 g/mol. The molecular formula is C17H17FN6O3. The molecule has 9 nitrogen and oxygen atoms in total. The van der Waals surface area contributed by atoms with Crippen LogP contribution < -0.4 is 5.32 Å². The van der Waals surface area contributed by atoms with Gasteiger partial charge in [-0.3, -0.25) is 24.3 Å². The van der Waals surface area contributed by atoms with Gasteiger partial charge >= 0.3 is 5.69 Å². The van der Waals surface area contributed by atoms with Gasteiger partial charge in [-0.15, -0.1) is 0 Å². The fraction of sp³-hybridized carbons (Fsp3) is 0.235. The predicted octanol–water partition coefficient (Wildman–Crippen LogP) is 2.51. The number of hydrogen-bond acceptors (Lipinski definition) is 5. The van der Waals surface area contributed by atoms with Gasteiger partial charge in [-0.05, 0) is 24.6 Å². The Kier molecular flexibility index (Phi) is 5.25. The van der Waals surface area contributed by atoms with E-state index in [4.69, 9.17) is 0 Å². The molecule has 3 aromatic rings. The van der Waals surface area contributed by atoms with Crippen molar-refractivity contribution in [3.05, 3.63) is 69.9 Å². The number of carbonyl (C=O) groups is 1. The highest BCUT2D eigenvalue weighted by Gasteiger charge is 2.16. The minimum atomic E-state index is -0.507. The Bertz CT molecular complexity index is 963. The summed E-state index contributed by atoms with van der Waals surface area (Å²) >= 11 is 0. The molecule has 0 saturated carbocycles. The molecule has 0 fully saturated rings. The Hall–Kier alpha value is -3.56. The van der Waals surface area contributed by atoms with Crippen LogP contribution in [-0.4, -0.2) is 30.4 Å². The lowest BCUT2D eigenvalue weighted by Crippen LogP contribution is -2.16. The van der Waals surface area contributed by atoms with Gasteiger partial charge in [-0.2, -0.15) is 10.2 Å². The fourth-order valence-corrected chi connectivity index (χ4v) is 2.55. The summed E-state index contributed by atoms with van der Waals surface area (Å²) in [4.78, 5) is 22.4. The summed E-state index contributed by atoms with van der Waals surface area (Å²) in [7, 11) is 0. The number of nitro groups is 1. The molecule has 0 aliphatic carbocycles. The number of halogens is 1. The van der Waals surface area contributed by atoms with Crippen LogP contribution in [-0.2, 0) is 17.9 Å². The highest BCUT2D eigenvalue weighted by molar-refractivity contribution is 5.89. The van der Waals surface area contributed by atoms with Crippen LogP contribution in [0.1, 0.15) is 17.7 Å². The van der Waals surface area contributed by atoms with Crippen molar-refractivity contribution in [3.63, 3.8) is 0 Å². The highest BCUT2D eigenvalue weighted by atomic mass is 19.1. The lowest BCUT2D eigenvalue weighted by molar-refractivity contribution is -0.385. The lowest BCUT2D eigenvalue weighted by Gasteiger charge is -2.05. The second-order valence-electron chi connectivity index (χ2n) is 5.92. The maximum absolute atomic E-state index is 12.9. The molecule has 0 atom stereocenters. The Morgan fingerprint density at radius 2 is 2.04 bits per heavy atom. The number of hydrogen-bond donors (Lipinski definition) is 1. The van der Waals surface area contributed by atoms with Crippen LogP contribution >= 0.6 is 0 Å². The van der Waals surface area contributed by atoms with Gasteiger partial charge in [0.25, 0.3) is 0 Å². The van der Waals surface area contributed by atoms with Crippen molar-refractivity contribution in [2.45, 2.75) is 26.4 Å². The molecule has 1 aromatic carbocycles. The maximum Gasteiger partial charge on any atom is 0.309 e. The zero-order chi connectivity index (χ0) is 19.4. The largest absolute Gasteiger partial charge is 0.309 e. The van der Waals surface area contributed by atoms with Gasteiger partial charge < -0.3 is 5.32 Å². The molecule has 1 N–H and O–H groups in total. The first-order valence-electron chi connectivity index (χ1n) is 8.17. The number of carbonyl (C=O) groups excluding carboxylic acids is 1. The zero-order valence-electron chi connectivity index (χ0n) is 14.5. The van der Waals surface area contributed by atoms with Crippen molar-refractivity contribution in [2.75, 3.05) is 5.32 Å². The Morgan fingerprint density at radius 1 is 1.30 bits per heavy atom. The van der Waals surface area contributed by atoms with E-state index < -0.39 is 4.92 Å². The van der Waals surface area contributed by atoms with Crippen molar-refractivity contribution >= 4 is 17.4 Å². The molecule has 1 amide bonds. The van der Waals surface area contributed by atoms with Gasteiger partial charge in [-0.1, -0.05) is 12.1 Å². The first kappa shape index (κ1) is 18.2. The first-order chi connectivity index (χ1) is 12.9. The number of benzene rings is 1. The number of aromatic nitrogens is 4. The molecule has 0 unspecified atom stereocenters. The summed E-state index contributed by atoms with van der Waals surface area (Å²) in [5, 5.41) is 21.6. The normalized spacial score (nSPS) is 10.7. The van der Waals surface area contributed by atoms with E-state index in [1.165, 1.54) is 23.0 Å². The van der Waals surface area contributed by atoms with Crippen LogP contribution in [0.5, 0.6) is 0 Å². The van der Waals surface area contributed by atoms with E-state index in [2.05, 4.69) is 15.5 Å². The minimum absolute atomic E-state index is 0.0741. The van der Waals surface area contributed by atoms with Crippen LogP contribution in [0.2, 0.25) is 0 Å². The van der Waals surface area contributed by atoms with E-state index in [1.54, 1.807) is 36.0 Å². The van der Waals surface area contributed by atoms with Crippen molar-refractivity contribution in [1.82, 2.24) is 19.6 Å². The number of nitrogens with zero attached hydrogens (tertiary/aromatic N) is 5. The smallest absolute Gasteiger partial charge is 0.309 e. The number of anilines is 1. The highest BCUT2D eigenvalue weighted by Crippen LogP contribution is 2.16.